The molecule has 0 aromatic heterocycles. The molecule has 0 heterocycles. The number of benzene rings is 2. The second-order valence-corrected chi connectivity index (χ2v) is 5.99. The summed E-state index contributed by atoms with van der Waals surface area (Å²) in [5.74, 6) is -1.06. The normalized spacial score (nSPS) is 21.1. The number of hydrogen-bond donors (Lipinski definition) is 1. The van der Waals surface area contributed by atoms with E-state index in [4.69, 9.17) is 11.6 Å². The van der Waals surface area contributed by atoms with Gasteiger partial charge >= 0.3 is 0 Å². The molecule has 0 saturated heterocycles. The maximum Gasteiger partial charge on any atom is 0.159 e. The molecular weight excluding hydrogens is 292 g/mol. The van der Waals surface area contributed by atoms with Gasteiger partial charge in [0.1, 0.15) is 0 Å². The predicted octanol–water partition coefficient (Wildman–Crippen LogP) is 4.65. The van der Waals surface area contributed by atoms with Gasteiger partial charge in [0.05, 0.1) is 0 Å². The summed E-state index contributed by atoms with van der Waals surface area (Å²) < 4.78 is 25.9. The molecule has 0 amide bonds. The van der Waals surface area contributed by atoms with Crippen molar-refractivity contribution in [1.82, 2.24) is 5.32 Å². The molecular formula is C17H16ClF2N. The molecule has 1 aliphatic rings. The molecule has 1 N–H and O–H groups in total. The van der Waals surface area contributed by atoms with Crippen LogP contribution in [0.2, 0.25) is 5.02 Å². The lowest BCUT2D eigenvalue weighted by Crippen LogP contribution is -2.39. The number of hydrogen-bond acceptors (Lipinski definition) is 1. The van der Waals surface area contributed by atoms with Gasteiger partial charge in [-0.2, -0.15) is 0 Å². The summed E-state index contributed by atoms with van der Waals surface area (Å²) >= 11 is 5.99. The smallest absolute Gasteiger partial charge is 0.159 e. The third-order valence-corrected chi connectivity index (χ3v) is 4.27. The van der Waals surface area contributed by atoms with Crippen LogP contribution >= 0.6 is 11.6 Å². The minimum atomic E-state index is -0.802. The van der Waals surface area contributed by atoms with E-state index < -0.39 is 11.6 Å². The molecule has 1 saturated carbocycles. The van der Waals surface area contributed by atoms with E-state index in [1.807, 2.05) is 18.2 Å². The SMILES string of the molecule is Fc1ccc(CNC2CC(c3cccc(Cl)c3)C2)cc1F. The molecule has 0 unspecified atom stereocenters. The van der Waals surface area contributed by atoms with Gasteiger partial charge in [0, 0.05) is 17.6 Å². The molecule has 4 heteroatoms. The van der Waals surface area contributed by atoms with E-state index >= 15 is 0 Å². The van der Waals surface area contributed by atoms with E-state index in [1.165, 1.54) is 17.7 Å². The lowest BCUT2D eigenvalue weighted by molar-refractivity contribution is 0.289. The van der Waals surface area contributed by atoms with Crippen LogP contribution in [0.1, 0.15) is 29.9 Å². The monoisotopic (exact) mass is 307 g/mol. The minimum Gasteiger partial charge on any atom is -0.310 e. The van der Waals surface area contributed by atoms with E-state index in [-0.39, 0.29) is 0 Å². The van der Waals surface area contributed by atoms with E-state index in [1.54, 1.807) is 6.07 Å². The Morgan fingerprint density at radius 2 is 1.86 bits per heavy atom. The summed E-state index contributed by atoms with van der Waals surface area (Å²) in [5, 5.41) is 4.14. The molecule has 0 radical (unpaired) electrons. The molecule has 1 aliphatic carbocycles. The zero-order chi connectivity index (χ0) is 14.8. The maximum absolute atomic E-state index is 13.1. The van der Waals surface area contributed by atoms with Crippen molar-refractivity contribution in [2.24, 2.45) is 0 Å². The van der Waals surface area contributed by atoms with Crippen molar-refractivity contribution < 1.29 is 8.78 Å². The topological polar surface area (TPSA) is 12.0 Å². The van der Waals surface area contributed by atoms with Crippen LogP contribution in [0.25, 0.3) is 0 Å². The van der Waals surface area contributed by atoms with Crippen molar-refractivity contribution in [3.8, 4) is 0 Å². The van der Waals surface area contributed by atoms with Crippen LogP contribution in [-0.2, 0) is 6.54 Å². The minimum absolute atomic E-state index is 0.419. The van der Waals surface area contributed by atoms with Gasteiger partial charge in [-0.1, -0.05) is 29.8 Å². The summed E-state index contributed by atoms with van der Waals surface area (Å²) in [5.41, 5.74) is 2.04. The molecule has 3 rings (SSSR count). The Morgan fingerprint density at radius 1 is 1.05 bits per heavy atom. The first-order valence-electron chi connectivity index (χ1n) is 7.04. The predicted molar refractivity (Wildman–Crippen MR) is 80.4 cm³/mol. The number of halogens is 3. The van der Waals surface area contributed by atoms with Crippen LogP contribution < -0.4 is 5.32 Å². The second-order valence-electron chi connectivity index (χ2n) is 5.55. The van der Waals surface area contributed by atoms with Crippen LogP contribution in [0, 0.1) is 11.6 Å². The van der Waals surface area contributed by atoms with Crippen molar-refractivity contribution in [3.05, 3.63) is 70.2 Å². The first-order chi connectivity index (χ1) is 10.1. The third kappa shape index (κ3) is 3.42. The lowest BCUT2D eigenvalue weighted by Gasteiger charge is -2.36. The molecule has 1 fully saturated rings. The average molecular weight is 308 g/mol. The van der Waals surface area contributed by atoms with Crippen molar-refractivity contribution >= 4 is 11.6 Å². The van der Waals surface area contributed by atoms with Crippen molar-refractivity contribution in [2.45, 2.75) is 31.3 Å². The van der Waals surface area contributed by atoms with Crippen LogP contribution in [0.4, 0.5) is 8.78 Å². The highest BCUT2D eigenvalue weighted by Crippen LogP contribution is 2.37. The van der Waals surface area contributed by atoms with Crippen LogP contribution in [0.5, 0.6) is 0 Å². The van der Waals surface area contributed by atoms with Gasteiger partial charge in [-0.25, -0.2) is 8.78 Å². The highest BCUT2D eigenvalue weighted by atomic mass is 35.5. The number of rotatable bonds is 4. The first kappa shape index (κ1) is 14.5. The van der Waals surface area contributed by atoms with E-state index in [2.05, 4.69) is 11.4 Å². The maximum atomic E-state index is 13.1. The van der Waals surface area contributed by atoms with Crippen molar-refractivity contribution in [1.29, 1.82) is 0 Å². The Balaban J connectivity index is 1.50. The summed E-state index contributed by atoms with van der Waals surface area (Å²) in [4.78, 5) is 0. The lowest BCUT2D eigenvalue weighted by atomic mass is 9.76. The van der Waals surface area contributed by atoms with Crippen molar-refractivity contribution in [2.75, 3.05) is 0 Å². The Kier molecular flexibility index (Phi) is 4.22. The first-order valence-corrected chi connectivity index (χ1v) is 7.42. The Morgan fingerprint density at radius 3 is 2.57 bits per heavy atom. The zero-order valence-corrected chi connectivity index (χ0v) is 12.2. The summed E-state index contributed by atoms with van der Waals surface area (Å²) in [6, 6.07) is 12.4. The molecule has 2 aromatic carbocycles. The van der Waals surface area contributed by atoms with Gasteiger partial charge in [0.2, 0.25) is 0 Å². The molecule has 0 spiro atoms. The fourth-order valence-corrected chi connectivity index (χ4v) is 2.93. The molecule has 2 aromatic rings. The van der Waals surface area contributed by atoms with Gasteiger partial charge in [0.15, 0.2) is 11.6 Å². The van der Waals surface area contributed by atoms with Crippen LogP contribution in [0.15, 0.2) is 42.5 Å². The van der Waals surface area contributed by atoms with E-state index in [0.717, 1.165) is 23.4 Å². The summed E-state index contributed by atoms with van der Waals surface area (Å²) in [6.45, 7) is 0.560. The molecule has 1 nitrogen and oxygen atoms in total. The molecule has 21 heavy (non-hydrogen) atoms. The molecule has 0 aliphatic heterocycles. The highest BCUT2D eigenvalue weighted by Gasteiger charge is 2.29. The van der Waals surface area contributed by atoms with E-state index in [9.17, 15) is 8.78 Å². The van der Waals surface area contributed by atoms with Gasteiger partial charge in [-0.3, -0.25) is 0 Å². The van der Waals surface area contributed by atoms with Gasteiger partial charge in [-0.05, 0) is 54.2 Å². The quantitative estimate of drug-likeness (QED) is 0.866. The number of nitrogens with one attached hydrogen (secondary N) is 1. The summed E-state index contributed by atoms with van der Waals surface area (Å²) in [6.07, 6.45) is 2.09. The Labute approximate surface area is 127 Å². The highest BCUT2D eigenvalue weighted by molar-refractivity contribution is 6.30. The fourth-order valence-electron chi connectivity index (χ4n) is 2.73. The van der Waals surface area contributed by atoms with Gasteiger partial charge in [-0.15, -0.1) is 0 Å². The Hall–Kier alpha value is -1.45. The fraction of sp³-hybridized carbons (Fsp3) is 0.294. The largest absolute Gasteiger partial charge is 0.310 e. The zero-order valence-electron chi connectivity index (χ0n) is 11.5. The second kappa shape index (κ2) is 6.12. The third-order valence-electron chi connectivity index (χ3n) is 4.04. The standard InChI is InChI=1S/C17H16ClF2N/c18-14-3-1-2-12(7-14)13-8-15(9-13)21-10-11-4-5-16(19)17(20)6-11/h1-7,13,15,21H,8-10H2. The Bertz CT molecular complexity index is 638. The average Bonchev–Trinajstić information content (AvgIpc) is 2.41. The van der Waals surface area contributed by atoms with E-state index in [0.29, 0.717) is 18.5 Å². The van der Waals surface area contributed by atoms with Gasteiger partial charge < -0.3 is 5.32 Å². The van der Waals surface area contributed by atoms with Crippen LogP contribution in [0.3, 0.4) is 0 Å². The van der Waals surface area contributed by atoms with Crippen molar-refractivity contribution in [3.63, 3.8) is 0 Å². The molecule has 110 valence electrons. The summed E-state index contributed by atoms with van der Waals surface area (Å²) in [7, 11) is 0. The molecule has 0 atom stereocenters. The van der Waals surface area contributed by atoms with Gasteiger partial charge in [0.25, 0.3) is 0 Å². The molecule has 0 bridgehead atoms. The van der Waals surface area contributed by atoms with Crippen LogP contribution in [-0.4, -0.2) is 6.04 Å².